The Kier molecular flexibility index (Phi) is 4.87. The van der Waals surface area contributed by atoms with Gasteiger partial charge < -0.3 is 15.5 Å². The maximum Gasteiger partial charge on any atom is 0.255 e. The third-order valence-corrected chi connectivity index (χ3v) is 6.81. The Morgan fingerprint density at radius 2 is 1.97 bits per heavy atom. The van der Waals surface area contributed by atoms with Crippen molar-refractivity contribution in [3.63, 3.8) is 0 Å². The van der Waals surface area contributed by atoms with Gasteiger partial charge in [0.05, 0.1) is 0 Å². The van der Waals surface area contributed by atoms with Crippen molar-refractivity contribution in [2.45, 2.75) is 69.7 Å². The molecule has 0 radical (unpaired) electrons. The number of carbonyl (C=O) groups is 3. The Morgan fingerprint density at radius 1 is 1.10 bits per heavy atom. The number of carbonyl (C=O) groups excluding carboxylic acids is 3. The predicted molar refractivity (Wildman–Crippen MR) is 107 cm³/mol. The molecule has 1 aromatic carbocycles. The van der Waals surface area contributed by atoms with Gasteiger partial charge in [0, 0.05) is 37.2 Å². The summed E-state index contributed by atoms with van der Waals surface area (Å²) in [7, 11) is 0. The van der Waals surface area contributed by atoms with E-state index >= 15 is 0 Å². The van der Waals surface area contributed by atoms with Crippen LogP contribution in [0.25, 0.3) is 0 Å². The van der Waals surface area contributed by atoms with Crippen molar-refractivity contribution in [2.75, 3.05) is 6.54 Å². The lowest BCUT2D eigenvalue weighted by atomic mass is 9.96. The molecule has 3 atom stereocenters. The highest BCUT2D eigenvalue weighted by Gasteiger charge is 2.39. The van der Waals surface area contributed by atoms with E-state index in [1.165, 1.54) is 24.8 Å². The fraction of sp³-hybridized carbons (Fsp3) is 0.591. The molecule has 154 valence electrons. The Bertz CT molecular complexity index is 850. The monoisotopic (exact) mass is 396 g/mol. The molecule has 0 bridgehead atoms. The second-order valence-corrected chi connectivity index (χ2v) is 8.89. The van der Waals surface area contributed by atoms with E-state index in [4.69, 9.17) is 0 Å². The number of piperidine rings is 2. The number of hydrogen-bond acceptors (Lipinski definition) is 5. The van der Waals surface area contributed by atoms with Crippen LogP contribution in [0.1, 0.15) is 60.0 Å². The highest BCUT2D eigenvalue weighted by atomic mass is 16.2. The summed E-state index contributed by atoms with van der Waals surface area (Å²) in [5.74, 6) is 0.148. The molecule has 0 spiro atoms. The summed E-state index contributed by atoms with van der Waals surface area (Å²) < 4.78 is 0. The quantitative estimate of drug-likeness (QED) is 0.648. The van der Waals surface area contributed by atoms with E-state index in [0.717, 1.165) is 31.0 Å². The van der Waals surface area contributed by atoms with Crippen LogP contribution in [0.4, 0.5) is 0 Å². The molecule has 29 heavy (non-hydrogen) atoms. The van der Waals surface area contributed by atoms with E-state index in [1.54, 1.807) is 4.90 Å². The number of nitrogens with one attached hydrogen (secondary N) is 3. The molecule has 7 nitrogen and oxygen atoms in total. The molecule has 0 aromatic heterocycles. The summed E-state index contributed by atoms with van der Waals surface area (Å²) in [5, 5.41) is 9.70. The van der Waals surface area contributed by atoms with Crippen molar-refractivity contribution in [3.05, 3.63) is 34.9 Å². The molecule has 3 heterocycles. The number of rotatable bonds is 5. The summed E-state index contributed by atoms with van der Waals surface area (Å²) in [5.41, 5.74) is 2.82. The standard InChI is InChI=1S/C22H28N4O3/c27-20-6-5-19(21(28)25-20)26-12-15-9-13(1-4-17(15)22(26)29)11-24-16-7-8-23-18(10-16)14-2-3-14/h1,4,9,14,16,18-19,23-24H,2-3,5-8,10-12H2,(H,25,27,28). The summed E-state index contributed by atoms with van der Waals surface area (Å²) in [6, 6.07) is 6.64. The number of fused-ring (bicyclic) bond motifs is 1. The SMILES string of the molecule is O=C1CCC(N2Cc3cc(CNC4CCNC(C5CC5)C4)ccc3C2=O)C(=O)N1. The topological polar surface area (TPSA) is 90.5 Å². The van der Waals surface area contributed by atoms with E-state index in [0.29, 0.717) is 30.6 Å². The van der Waals surface area contributed by atoms with Gasteiger partial charge in [0.15, 0.2) is 0 Å². The van der Waals surface area contributed by atoms with Gasteiger partial charge in [-0.1, -0.05) is 12.1 Å². The van der Waals surface area contributed by atoms with Crippen molar-refractivity contribution in [2.24, 2.45) is 5.92 Å². The Balaban J connectivity index is 1.21. The molecule has 7 heteroatoms. The van der Waals surface area contributed by atoms with Crippen molar-refractivity contribution in [1.29, 1.82) is 0 Å². The molecule has 3 unspecified atom stereocenters. The van der Waals surface area contributed by atoms with Crippen molar-refractivity contribution >= 4 is 17.7 Å². The van der Waals surface area contributed by atoms with Gasteiger partial charge in [-0.2, -0.15) is 0 Å². The molecule has 1 aliphatic carbocycles. The fourth-order valence-electron chi connectivity index (χ4n) is 4.99. The molecular formula is C22H28N4O3. The van der Waals surface area contributed by atoms with Gasteiger partial charge in [0.2, 0.25) is 11.8 Å². The Morgan fingerprint density at radius 3 is 2.76 bits per heavy atom. The Labute approximate surface area is 170 Å². The lowest BCUT2D eigenvalue weighted by molar-refractivity contribution is -0.136. The van der Waals surface area contributed by atoms with Crippen LogP contribution in [-0.4, -0.2) is 47.3 Å². The average molecular weight is 396 g/mol. The van der Waals surface area contributed by atoms with Gasteiger partial charge in [-0.25, -0.2) is 0 Å². The van der Waals surface area contributed by atoms with Crippen LogP contribution < -0.4 is 16.0 Å². The Hall–Kier alpha value is -2.25. The van der Waals surface area contributed by atoms with Gasteiger partial charge in [0.1, 0.15) is 6.04 Å². The second kappa shape index (κ2) is 7.54. The number of amides is 3. The van der Waals surface area contributed by atoms with Gasteiger partial charge in [-0.15, -0.1) is 0 Å². The first-order valence-corrected chi connectivity index (χ1v) is 10.8. The summed E-state index contributed by atoms with van der Waals surface area (Å²) in [4.78, 5) is 38.0. The van der Waals surface area contributed by atoms with Crippen LogP contribution >= 0.6 is 0 Å². The summed E-state index contributed by atoms with van der Waals surface area (Å²) >= 11 is 0. The molecule has 2 saturated heterocycles. The highest BCUT2D eigenvalue weighted by molar-refractivity contribution is 6.05. The van der Waals surface area contributed by atoms with E-state index in [9.17, 15) is 14.4 Å². The van der Waals surface area contributed by atoms with Crippen LogP contribution in [0.15, 0.2) is 18.2 Å². The van der Waals surface area contributed by atoms with Gasteiger partial charge in [-0.05, 0) is 61.8 Å². The van der Waals surface area contributed by atoms with Crippen LogP contribution in [0.5, 0.6) is 0 Å². The van der Waals surface area contributed by atoms with Crippen LogP contribution in [0, 0.1) is 5.92 Å². The molecule has 3 amide bonds. The molecule has 5 rings (SSSR count). The van der Waals surface area contributed by atoms with E-state index in [1.807, 2.05) is 12.1 Å². The molecule has 1 saturated carbocycles. The maximum atomic E-state index is 12.8. The van der Waals surface area contributed by atoms with E-state index < -0.39 is 6.04 Å². The smallest absolute Gasteiger partial charge is 0.255 e. The minimum atomic E-state index is -0.553. The largest absolute Gasteiger partial charge is 0.322 e. The molecule has 4 aliphatic rings. The maximum absolute atomic E-state index is 12.8. The first-order chi connectivity index (χ1) is 14.1. The van der Waals surface area contributed by atoms with Crippen molar-refractivity contribution < 1.29 is 14.4 Å². The number of imide groups is 1. The minimum Gasteiger partial charge on any atom is -0.322 e. The normalized spacial score (nSPS) is 29.7. The van der Waals surface area contributed by atoms with Gasteiger partial charge >= 0.3 is 0 Å². The first kappa shape index (κ1) is 18.8. The third-order valence-electron chi connectivity index (χ3n) is 6.81. The lowest BCUT2D eigenvalue weighted by Crippen LogP contribution is -2.52. The highest BCUT2D eigenvalue weighted by Crippen LogP contribution is 2.36. The molecule has 1 aromatic rings. The van der Waals surface area contributed by atoms with Crippen LogP contribution in [-0.2, 0) is 22.7 Å². The zero-order chi connectivity index (χ0) is 20.0. The minimum absolute atomic E-state index is 0.111. The molecular weight excluding hydrogens is 368 g/mol. The van der Waals surface area contributed by atoms with E-state index in [2.05, 4.69) is 22.0 Å². The van der Waals surface area contributed by atoms with Gasteiger partial charge in [0.25, 0.3) is 5.91 Å². The average Bonchev–Trinajstić information content (AvgIpc) is 3.52. The molecule has 3 aliphatic heterocycles. The van der Waals surface area contributed by atoms with Crippen LogP contribution in [0.2, 0.25) is 0 Å². The predicted octanol–water partition coefficient (Wildman–Crippen LogP) is 1.07. The third kappa shape index (κ3) is 3.81. The fourth-order valence-corrected chi connectivity index (χ4v) is 4.99. The van der Waals surface area contributed by atoms with Crippen LogP contribution in [0.3, 0.4) is 0 Å². The summed E-state index contributed by atoms with van der Waals surface area (Å²) in [6.45, 7) is 2.31. The number of benzene rings is 1. The van der Waals surface area contributed by atoms with Crippen molar-refractivity contribution in [3.8, 4) is 0 Å². The van der Waals surface area contributed by atoms with Gasteiger partial charge in [-0.3, -0.25) is 19.7 Å². The zero-order valence-corrected chi connectivity index (χ0v) is 16.6. The number of nitrogens with zero attached hydrogens (tertiary/aromatic N) is 1. The van der Waals surface area contributed by atoms with Crippen molar-refractivity contribution in [1.82, 2.24) is 20.9 Å². The summed E-state index contributed by atoms with van der Waals surface area (Å²) in [6.07, 6.45) is 5.76. The molecule has 3 fully saturated rings. The first-order valence-electron chi connectivity index (χ1n) is 10.8. The van der Waals surface area contributed by atoms with E-state index in [-0.39, 0.29) is 24.1 Å². The zero-order valence-electron chi connectivity index (χ0n) is 16.6. The molecule has 3 N–H and O–H groups in total. The number of hydrogen-bond donors (Lipinski definition) is 3. The second-order valence-electron chi connectivity index (χ2n) is 8.89. The lowest BCUT2D eigenvalue weighted by Gasteiger charge is -2.31.